The predicted molar refractivity (Wildman–Crippen MR) is 66.2 cm³/mol. The zero-order valence-electron chi connectivity index (χ0n) is 9.78. The first-order valence-electron chi connectivity index (χ1n) is 5.22. The largest absolute Gasteiger partial charge is 0.298 e. The van der Waals surface area contributed by atoms with E-state index >= 15 is 0 Å². The Kier molecular flexibility index (Phi) is 3.97. The number of Topliss-reactive ketones (excluding diaryl/α,β-unsaturated/α-hetero) is 1. The summed E-state index contributed by atoms with van der Waals surface area (Å²) in [5.41, 5.74) is 0. The number of ketones is 1. The van der Waals surface area contributed by atoms with Crippen molar-refractivity contribution in [3.8, 4) is 0 Å². The van der Waals surface area contributed by atoms with E-state index in [4.69, 9.17) is 0 Å². The Labute approximate surface area is 96.3 Å². The fourth-order valence-electron chi connectivity index (χ4n) is 1.33. The minimum atomic E-state index is -0.318. The molecule has 1 unspecified atom stereocenters. The van der Waals surface area contributed by atoms with Gasteiger partial charge in [0.25, 0.3) is 0 Å². The molecule has 1 atom stereocenters. The highest BCUT2D eigenvalue weighted by molar-refractivity contribution is 8.01. The maximum atomic E-state index is 11.7. The van der Waals surface area contributed by atoms with E-state index in [9.17, 15) is 4.79 Å². The van der Waals surface area contributed by atoms with Crippen LogP contribution >= 0.6 is 11.8 Å². The van der Waals surface area contributed by atoms with Crippen LogP contribution in [0.25, 0.3) is 0 Å². The molecule has 0 saturated carbocycles. The smallest absolute Gasteiger partial charge is 0.146 e. The van der Waals surface area contributed by atoms with Gasteiger partial charge < -0.3 is 0 Å². The molecule has 2 heteroatoms. The first kappa shape index (κ1) is 12.3. The molecule has 0 bridgehead atoms. The third-order valence-corrected chi connectivity index (χ3v) is 4.56. The summed E-state index contributed by atoms with van der Waals surface area (Å²) in [5, 5.41) is 0. The SMILES string of the molecule is CC(=O)C(C)(Sc1ccccc1)C(C)C. The Balaban J connectivity index is 2.90. The molecule has 1 aromatic carbocycles. The van der Waals surface area contributed by atoms with Crippen molar-refractivity contribution in [3.63, 3.8) is 0 Å². The van der Waals surface area contributed by atoms with Crippen molar-refractivity contribution >= 4 is 17.5 Å². The Morgan fingerprint density at radius 2 is 1.80 bits per heavy atom. The monoisotopic (exact) mass is 222 g/mol. The molecule has 0 amide bonds. The second-order valence-electron chi connectivity index (χ2n) is 4.23. The topological polar surface area (TPSA) is 17.1 Å². The number of rotatable bonds is 4. The van der Waals surface area contributed by atoms with Gasteiger partial charge >= 0.3 is 0 Å². The van der Waals surface area contributed by atoms with Crippen LogP contribution in [0.1, 0.15) is 27.7 Å². The van der Waals surface area contributed by atoms with Crippen molar-refractivity contribution in [3.05, 3.63) is 30.3 Å². The molecule has 0 aliphatic heterocycles. The van der Waals surface area contributed by atoms with Crippen LogP contribution in [-0.4, -0.2) is 10.5 Å². The number of hydrogen-bond acceptors (Lipinski definition) is 2. The highest BCUT2D eigenvalue weighted by Crippen LogP contribution is 2.38. The van der Waals surface area contributed by atoms with Gasteiger partial charge in [-0.1, -0.05) is 32.0 Å². The van der Waals surface area contributed by atoms with Crippen LogP contribution in [0.5, 0.6) is 0 Å². The molecule has 0 saturated heterocycles. The zero-order chi connectivity index (χ0) is 11.5. The normalized spacial score (nSPS) is 15.0. The fraction of sp³-hybridized carbons (Fsp3) is 0.462. The average Bonchev–Trinajstić information content (AvgIpc) is 2.18. The highest BCUT2D eigenvalue weighted by Gasteiger charge is 2.34. The molecule has 82 valence electrons. The standard InChI is InChI=1S/C13H18OS/c1-10(2)13(4,11(3)14)15-12-8-6-5-7-9-12/h5-10H,1-4H3. The second kappa shape index (κ2) is 4.84. The lowest BCUT2D eigenvalue weighted by Crippen LogP contribution is -2.35. The lowest BCUT2D eigenvalue weighted by atomic mass is 9.93. The average molecular weight is 222 g/mol. The van der Waals surface area contributed by atoms with E-state index in [1.807, 2.05) is 37.3 Å². The summed E-state index contributed by atoms with van der Waals surface area (Å²) in [6.07, 6.45) is 0. The van der Waals surface area contributed by atoms with E-state index in [2.05, 4.69) is 13.8 Å². The van der Waals surface area contributed by atoms with Gasteiger partial charge in [0, 0.05) is 4.90 Å². The quantitative estimate of drug-likeness (QED) is 0.721. The van der Waals surface area contributed by atoms with Gasteiger partial charge in [-0.3, -0.25) is 4.79 Å². The second-order valence-corrected chi connectivity index (χ2v) is 5.76. The molecule has 1 rings (SSSR count). The lowest BCUT2D eigenvalue weighted by Gasteiger charge is -2.30. The molecule has 0 aliphatic rings. The van der Waals surface area contributed by atoms with Crippen molar-refractivity contribution in [1.29, 1.82) is 0 Å². The number of carbonyl (C=O) groups is 1. The summed E-state index contributed by atoms with van der Waals surface area (Å²) in [7, 11) is 0. The molecule has 1 aromatic rings. The summed E-state index contributed by atoms with van der Waals surface area (Å²) in [4.78, 5) is 12.8. The molecular formula is C13H18OS. The molecule has 0 aromatic heterocycles. The van der Waals surface area contributed by atoms with Gasteiger partial charge in [-0.2, -0.15) is 0 Å². The van der Waals surface area contributed by atoms with Crippen LogP contribution in [0.3, 0.4) is 0 Å². The highest BCUT2D eigenvalue weighted by atomic mass is 32.2. The molecule has 0 N–H and O–H groups in total. The van der Waals surface area contributed by atoms with E-state index in [0.717, 1.165) is 4.90 Å². The minimum absolute atomic E-state index is 0.242. The Hall–Kier alpha value is -0.760. The first-order chi connectivity index (χ1) is 6.97. The van der Waals surface area contributed by atoms with Crippen molar-refractivity contribution in [1.82, 2.24) is 0 Å². The van der Waals surface area contributed by atoms with E-state index in [1.165, 1.54) is 0 Å². The van der Waals surface area contributed by atoms with Gasteiger partial charge in [0.2, 0.25) is 0 Å². The lowest BCUT2D eigenvalue weighted by molar-refractivity contribution is -0.119. The van der Waals surface area contributed by atoms with Crippen LogP contribution in [0, 0.1) is 5.92 Å². The van der Waals surface area contributed by atoms with E-state index < -0.39 is 0 Å². The molecule has 0 heterocycles. The summed E-state index contributed by atoms with van der Waals surface area (Å²) in [6.45, 7) is 7.89. The van der Waals surface area contributed by atoms with Crippen molar-refractivity contribution in [2.24, 2.45) is 5.92 Å². The minimum Gasteiger partial charge on any atom is -0.298 e. The fourth-order valence-corrected chi connectivity index (χ4v) is 2.49. The summed E-state index contributed by atoms with van der Waals surface area (Å²) in [5.74, 6) is 0.576. The van der Waals surface area contributed by atoms with E-state index in [-0.39, 0.29) is 10.5 Å². The van der Waals surface area contributed by atoms with Crippen LogP contribution in [0.4, 0.5) is 0 Å². The van der Waals surface area contributed by atoms with Gasteiger partial charge in [0.15, 0.2) is 0 Å². The van der Waals surface area contributed by atoms with Crippen molar-refractivity contribution < 1.29 is 4.79 Å². The maximum Gasteiger partial charge on any atom is 0.146 e. The number of benzene rings is 1. The van der Waals surface area contributed by atoms with Crippen LogP contribution in [0.2, 0.25) is 0 Å². The Morgan fingerprint density at radius 1 is 1.27 bits per heavy atom. The van der Waals surface area contributed by atoms with Crippen LogP contribution < -0.4 is 0 Å². The molecule has 0 aliphatic carbocycles. The van der Waals surface area contributed by atoms with Gasteiger partial charge in [0.1, 0.15) is 5.78 Å². The summed E-state index contributed by atoms with van der Waals surface area (Å²) < 4.78 is -0.318. The maximum absolute atomic E-state index is 11.7. The third kappa shape index (κ3) is 2.85. The van der Waals surface area contributed by atoms with Crippen molar-refractivity contribution in [2.45, 2.75) is 37.3 Å². The molecule has 0 radical (unpaired) electrons. The van der Waals surface area contributed by atoms with Gasteiger partial charge in [-0.05, 0) is 31.9 Å². The van der Waals surface area contributed by atoms with E-state index in [1.54, 1.807) is 18.7 Å². The first-order valence-corrected chi connectivity index (χ1v) is 6.03. The van der Waals surface area contributed by atoms with Gasteiger partial charge in [-0.15, -0.1) is 11.8 Å². The van der Waals surface area contributed by atoms with Crippen molar-refractivity contribution in [2.75, 3.05) is 0 Å². The third-order valence-electron chi connectivity index (χ3n) is 2.87. The van der Waals surface area contributed by atoms with E-state index in [0.29, 0.717) is 5.92 Å². The number of hydrogen-bond donors (Lipinski definition) is 0. The molecule has 0 spiro atoms. The van der Waals surface area contributed by atoms with Crippen LogP contribution in [-0.2, 0) is 4.79 Å². The van der Waals surface area contributed by atoms with Gasteiger partial charge in [-0.25, -0.2) is 0 Å². The molecule has 0 fully saturated rings. The molecular weight excluding hydrogens is 204 g/mol. The van der Waals surface area contributed by atoms with Gasteiger partial charge in [0.05, 0.1) is 4.75 Å². The number of thioether (sulfide) groups is 1. The molecule has 15 heavy (non-hydrogen) atoms. The van der Waals surface area contributed by atoms with Crippen LogP contribution in [0.15, 0.2) is 35.2 Å². The predicted octanol–water partition coefficient (Wildman–Crippen LogP) is 3.78. The summed E-state index contributed by atoms with van der Waals surface area (Å²) in [6, 6.07) is 10.1. The zero-order valence-corrected chi connectivity index (χ0v) is 10.6. The Bertz CT molecular complexity index is 332. The Morgan fingerprint density at radius 3 is 2.20 bits per heavy atom. The number of carbonyl (C=O) groups excluding carboxylic acids is 1. The molecule has 1 nitrogen and oxygen atoms in total. The summed E-state index contributed by atoms with van der Waals surface area (Å²) >= 11 is 1.66.